The summed E-state index contributed by atoms with van der Waals surface area (Å²) in [6.07, 6.45) is 2.82. The van der Waals surface area contributed by atoms with Gasteiger partial charge in [-0.15, -0.1) is 0 Å². The molecule has 4 heteroatoms. The topological polar surface area (TPSA) is 41.6 Å². The maximum absolute atomic E-state index is 12.2. The summed E-state index contributed by atoms with van der Waals surface area (Å²) in [5.74, 6) is 0.396. The molecule has 1 heterocycles. The SMILES string of the molecule is CCOCCCNC(=O)C1CCN(Cc2cccc(C)c2)CC1. The predicted molar refractivity (Wildman–Crippen MR) is 93.3 cm³/mol. The van der Waals surface area contributed by atoms with Gasteiger partial charge in [0.1, 0.15) is 0 Å². The second-order valence-corrected chi connectivity index (χ2v) is 6.38. The van der Waals surface area contributed by atoms with Gasteiger partial charge in [0.2, 0.25) is 5.91 Å². The van der Waals surface area contributed by atoms with Crippen molar-refractivity contribution in [1.29, 1.82) is 0 Å². The Bertz CT molecular complexity index is 482. The van der Waals surface area contributed by atoms with E-state index in [2.05, 4.69) is 41.4 Å². The molecule has 0 aliphatic carbocycles. The monoisotopic (exact) mass is 318 g/mol. The van der Waals surface area contributed by atoms with E-state index in [0.29, 0.717) is 0 Å². The number of benzene rings is 1. The van der Waals surface area contributed by atoms with E-state index in [1.165, 1.54) is 11.1 Å². The minimum absolute atomic E-state index is 0.177. The third kappa shape index (κ3) is 6.32. The molecule has 1 fully saturated rings. The van der Waals surface area contributed by atoms with Crippen molar-refractivity contribution >= 4 is 5.91 Å². The molecule has 1 amide bonds. The first kappa shape index (κ1) is 18.0. The fourth-order valence-corrected chi connectivity index (χ4v) is 3.10. The van der Waals surface area contributed by atoms with Crippen LogP contribution in [0.4, 0.5) is 0 Å². The molecule has 1 aromatic rings. The third-order valence-electron chi connectivity index (χ3n) is 4.42. The zero-order valence-corrected chi connectivity index (χ0v) is 14.5. The number of carbonyl (C=O) groups excluding carboxylic acids is 1. The van der Waals surface area contributed by atoms with Gasteiger partial charge in [-0.1, -0.05) is 29.8 Å². The van der Waals surface area contributed by atoms with Gasteiger partial charge in [-0.2, -0.15) is 0 Å². The molecule has 0 unspecified atom stereocenters. The second kappa shape index (κ2) is 9.68. The molecule has 0 atom stereocenters. The Morgan fingerprint density at radius 1 is 1.35 bits per heavy atom. The lowest BCUT2D eigenvalue weighted by molar-refractivity contribution is -0.126. The zero-order valence-electron chi connectivity index (χ0n) is 14.5. The van der Waals surface area contributed by atoms with Crippen molar-refractivity contribution in [3.63, 3.8) is 0 Å². The number of rotatable bonds is 8. The Hall–Kier alpha value is -1.39. The van der Waals surface area contributed by atoms with Crippen LogP contribution in [0.25, 0.3) is 0 Å². The summed E-state index contributed by atoms with van der Waals surface area (Å²) in [5, 5.41) is 3.05. The van der Waals surface area contributed by atoms with Crippen LogP contribution in [0.2, 0.25) is 0 Å². The number of amides is 1. The van der Waals surface area contributed by atoms with Gasteiger partial charge in [0, 0.05) is 32.2 Å². The molecular weight excluding hydrogens is 288 g/mol. The van der Waals surface area contributed by atoms with E-state index in [4.69, 9.17) is 4.74 Å². The number of ether oxygens (including phenoxy) is 1. The number of piperidine rings is 1. The van der Waals surface area contributed by atoms with Gasteiger partial charge in [-0.05, 0) is 51.8 Å². The molecule has 1 saturated heterocycles. The van der Waals surface area contributed by atoms with Crippen molar-refractivity contribution < 1.29 is 9.53 Å². The zero-order chi connectivity index (χ0) is 16.5. The average molecular weight is 318 g/mol. The van der Waals surface area contributed by atoms with E-state index in [9.17, 15) is 4.79 Å². The maximum atomic E-state index is 12.2. The summed E-state index contributed by atoms with van der Waals surface area (Å²) in [5.41, 5.74) is 2.67. The lowest BCUT2D eigenvalue weighted by atomic mass is 9.95. The Morgan fingerprint density at radius 3 is 2.83 bits per heavy atom. The highest BCUT2D eigenvalue weighted by atomic mass is 16.5. The van der Waals surface area contributed by atoms with Crippen LogP contribution in [0, 0.1) is 12.8 Å². The minimum atomic E-state index is 0.177. The molecule has 0 bridgehead atoms. The molecule has 4 nitrogen and oxygen atoms in total. The van der Waals surface area contributed by atoms with Crippen LogP contribution in [0.1, 0.15) is 37.3 Å². The molecule has 1 aromatic carbocycles. The molecule has 2 rings (SSSR count). The van der Waals surface area contributed by atoms with Gasteiger partial charge < -0.3 is 10.1 Å². The van der Waals surface area contributed by atoms with E-state index >= 15 is 0 Å². The summed E-state index contributed by atoms with van der Waals surface area (Å²) < 4.78 is 5.28. The highest BCUT2D eigenvalue weighted by Gasteiger charge is 2.24. The number of aryl methyl sites for hydroxylation is 1. The van der Waals surface area contributed by atoms with Crippen LogP contribution >= 0.6 is 0 Å². The number of hydrogen-bond donors (Lipinski definition) is 1. The fourth-order valence-electron chi connectivity index (χ4n) is 3.10. The first-order valence-electron chi connectivity index (χ1n) is 8.82. The molecule has 128 valence electrons. The summed E-state index contributed by atoms with van der Waals surface area (Å²) in [4.78, 5) is 14.6. The Kier molecular flexibility index (Phi) is 7.56. The minimum Gasteiger partial charge on any atom is -0.382 e. The Labute approximate surface area is 140 Å². The van der Waals surface area contributed by atoms with E-state index in [0.717, 1.165) is 58.7 Å². The van der Waals surface area contributed by atoms with Gasteiger partial charge >= 0.3 is 0 Å². The average Bonchev–Trinajstić information content (AvgIpc) is 2.55. The molecule has 1 aliphatic rings. The van der Waals surface area contributed by atoms with Gasteiger partial charge in [-0.3, -0.25) is 9.69 Å². The molecule has 0 aromatic heterocycles. The van der Waals surface area contributed by atoms with E-state index < -0.39 is 0 Å². The van der Waals surface area contributed by atoms with E-state index in [1.54, 1.807) is 0 Å². The van der Waals surface area contributed by atoms with Crippen LogP contribution in [0.5, 0.6) is 0 Å². The molecular formula is C19H30N2O2. The lowest BCUT2D eigenvalue weighted by Crippen LogP contribution is -2.40. The molecule has 0 radical (unpaired) electrons. The molecule has 23 heavy (non-hydrogen) atoms. The van der Waals surface area contributed by atoms with Gasteiger partial charge in [0.25, 0.3) is 0 Å². The summed E-state index contributed by atoms with van der Waals surface area (Å²) >= 11 is 0. The Morgan fingerprint density at radius 2 is 2.13 bits per heavy atom. The summed E-state index contributed by atoms with van der Waals surface area (Å²) in [6.45, 7) is 9.32. The smallest absolute Gasteiger partial charge is 0.223 e. The quantitative estimate of drug-likeness (QED) is 0.749. The van der Waals surface area contributed by atoms with Gasteiger partial charge in [0.05, 0.1) is 0 Å². The molecule has 0 saturated carbocycles. The first-order chi connectivity index (χ1) is 11.2. The van der Waals surface area contributed by atoms with Crippen LogP contribution in [0.3, 0.4) is 0 Å². The van der Waals surface area contributed by atoms with Crippen molar-refractivity contribution in [3.05, 3.63) is 35.4 Å². The highest BCUT2D eigenvalue weighted by Crippen LogP contribution is 2.19. The number of carbonyl (C=O) groups is 1. The number of hydrogen-bond acceptors (Lipinski definition) is 3. The van der Waals surface area contributed by atoms with E-state index in [1.807, 2.05) is 6.92 Å². The van der Waals surface area contributed by atoms with Crippen molar-refractivity contribution in [3.8, 4) is 0 Å². The van der Waals surface area contributed by atoms with Crippen LogP contribution in [0.15, 0.2) is 24.3 Å². The molecule has 1 aliphatic heterocycles. The van der Waals surface area contributed by atoms with Crippen molar-refractivity contribution in [2.24, 2.45) is 5.92 Å². The Balaban J connectivity index is 1.66. The maximum Gasteiger partial charge on any atom is 0.223 e. The van der Waals surface area contributed by atoms with Crippen LogP contribution in [-0.2, 0) is 16.1 Å². The van der Waals surface area contributed by atoms with Crippen molar-refractivity contribution in [2.45, 2.75) is 39.7 Å². The number of nitrogens with zero attached hydrogens (tertiary/aromatic N) is 1. The fraction of sp³-hybridized carbons (Fsp3) is 0.632. The number of nitrogens with one attached hydrogen (secondary N) is 1. The summed E-state index contributed by atoms with van der Waals surface area (Å²) in [6, 6.07) is 8.68. The van der Waals surface area contributed by atoms with Gasteiger partial charge in [-0.25, -0.2) is 0 Å². The van der Waals surface area contributed by atoms with E-state index in [-0.39, 0.29) is 11.8 Å². The van der Waals surface area contributed by atoms with Crippen molar-refractivity contribution in [1.82, 2.24) is 10.2 Å². The second-order valence-electron chi connectivity index (χ2n) is 6.38. The predicted octanol–water partition coefficient (Wildman–Crippen LogP) is 2.75. The highest BCUT2D eigenvalue weighted by molar-refractivity contribution is 5.78. The standard InChI is InChI=1S/C19H30N2O2/c1-3-23-13-5-10-20-19(22)18-8-11-21(12-9-18)15-17-7-4-6-16(2)14-17/h4,6-7,14,18H,3,5,8-13,15H2,1-2H3,(H,20,22). The largest absolute Gasteiger partial charge is 0.382 e. The molecule has 1 N–H and O–H groups in total. The normalized spacial score (nSPS) is 16.4. The van der Waals surface area contributed by atoms with Crippen LogP contribution < -0.4 is 5.32 Å². The third-order valence-corrected chi connectivity index (χ3v) is 4.42. The first-order valence-corrected chi connectivity index (χ1v) is 8.82. The van der Waals surface area contributed by atoms with Crippen molar-refractivity contribution in [2.75, 3.05) is 32.8 Å². The number of likely N-dealkylation sites (tertiary alicyclic amines) is 1. The van der Waals surface area contributed by atoms with Gasteiger partial charge in [0.15, 0.2) is 0 Å². The lowest BCUT2D eigenvalue weighted by Gasteiger charge is -2.31. The van der Waals surface area contributed by atoms with Crippen LogP contribution in [-0.4, -0.2) is 43.7 Å². The summed E-state index contributed by atoms with van der Waals surface area (Å²) in [7, 11) is 0. The molecule has 0 spiro atoms.